The molecular formula is C24H24FN5O3. The summed E-state index contributed by atoms with van der Waals surface area (Å²) in [5.74, 6) is -0.891. The topological polar surface area (TPSA) is 108 Å². The molecule has 33 heavy (non-hydrogen) atoms. The summed E-state index contributed by atoms with van der Waals surface area (Å²) in [6.07, 6.45) is 4.14. The Bertz CT molecular complexity index is 1390. The van der Waals surface area contributed by atoms with Crippen LogP contribution in [0.5, 0.6) is 17.2 Å². The highest BCUT2D eigenvalue weighted by Gasteiger charge is 2.26. The third-order valence-corrected chi connectivity index (χ3v) is 5.88. The summed E-state index contributed by atoms with van der Waals surface area (Å²) < 4.78 is 48.4. The van der Waals surface area contributed by atoms with Gasteiger partial charge < -0.3 is 20.3 Å². The van der Waals surface area contributed by atoms with E-state index in [0.29, 0.717) is 34.7 Å². The first-order chi connectivity index (χ1) is 17.2. The van der Waals surface area contributed by atoms with E-state index in [9.17, 15) is 9.50 Å². The van der Waals surface area contributed by atoms with Gasteiger partial charge in [0.05, 0.1) is 28.7 Å². The molecule has 2 atom stereocenters. The second kappa shape index (κ2) is 8.67. The molecule has 1 saturated carbocycles. The molecule has 0 spiro atoms. The number of nitrogens with two attached hydrogens (primary N) is 1. The second-order valence-electron chi connectivity index (χ2n) is 8.02. The third-order valence-electron chi connectivity index (χ3n) is 5.88. The number of hydrogen-bond donors (Lipinski definition) is 2. The lowest BCUT2D eigenvalue weighted by Gasteiger charge is -2.26. The van der Waals surface area contributed by atoms with Crippen LogP contribution in [0.25, 0.3) is 22.3 Å². The molecule has 4 aromatic rings. The Morgan fingerprint density at radius 2 is 1.97 bits per heavy atom. The second-order valence-corrected chi connectivity index (χ2v) is 8.02. The van der Waals surface area contributed by atoms with Gasteiger partial charge >= 0.3 is 0 Å². The molecular weight excluding hydrogens is 425 g/mol. The summed E-state index contributed by atoms with van der Waals surface area (Å²) in [4.78, 5) is 8.54. The number of ether oxygens (including phenoxy) is 2. The summed E-state index contributed by atoms with van der Waals surface area (Å²) in [7, 11) is -2.78. The molecule has 0 radical (unpaired) electrons. The number of fused-ring (bicyclic) bond motifs is 1. The standard InChI is InChI=1S/C24H24FN5O3/c1-32-18-6-3-7-19(21(18)25)33-17-10-8-14(9-11-17)22-20-23(26)27-13-28-24(20)30(29-22)15-4-2-5-16(31)12-15/h3,6-11,13,15-16,31H,2,4-5,12H2,1H3,(H2,26,27,28)/t15-,16-/m1/s1/i1D3. The van der Waals surface area contributed by atoms with Crippen molar-refractivity contribution in [2.24, 2.45) is 0 Å². The van der Waals surface area contributed by atoms with Gasteiger partial charge in [-0.2, -0.15) is 9.49 Å². The number of aromatic nitrogens is 4. The Morgan fingerprint density at radius 3 is 2.76 bits per heavy atom. The first-order valence-corrected chi connectivity index (χ1v) is 10.6. The zero-order chi connectivity index (χ0) is 25.4. The fourth-order valence-electron chi connectivity index (χ4n) is 4.27. The molecule has 2 aromatic heterocycles. The quantitative estimate of drug-likeness (QED) is 0.459. The Hall–Kier alpha value is -3.72. The van der Waals surface area contributed by atoms with Gasteiger partial charge in [-0.1, -0.05) is 6.07 Å². The Morgan fingerprint density at radius 1 is 1.15 bits per heavy atom. The van der Waals surface area contributed by atoms with Crippen molar-refractivity contribution < 1.29 is 23.1 Å². The van der Waals surface area contributed by atoms with Gasteiger partial charge in [-0.25, -0.2) is 14.6 Å². The van der Waals surface area contributed by atoms with Crippen molar-refractivity contribution in [2.75, 3.05) is 12.8 Å². The Balaban J connectivity index is 1.45. The highest BCUT2D eigenvalue weighted by atomic mass is 19.1. The minimum atomic E-state index is -2.78. The van der Waals surface area contributed by atoms with Gasteiger partial charge in [0.1, 0.15) is 23.6 Å². The van der Waals surface area contributed by atoms with E-state index in [1.807, 2.05) is 4.68 Å². The minimum absolute atomic E-state index is 0.00530. The molecule has 2 aromatic carbocycles. The zero-order valence-corrected chi connectivity index (χ0v) is 17.6. The molecule has 170 valence electrons. The first-order valence-electron chi connectivity index (χ1n) is 12.1. The number of benzene rings is 2. The van der Waals surface area contributed by atoms with E-state index < -0.39 is 18.6 Å². The van der Waals surface area contributed by atoms with E-state index >= 15 is 0 Å². The fourth-order valence-corrected chi connectivity index (χ4v) is 4.27. The van der Waals surface area contributed by atoms with Crippen molar-refractivity contribution in [1.29, 1.82) is 0 Å². The molecule has 8 nitrogen and oxygen atoms in total. The molecule has 2 heterocycles. The van der Waals surface area contributed by atoms with Crippen molar-refractivity contribution >= 4 is 16.9 Å². The SMILES string of the molecule is [2H]C([2H])([2H])Oc1cccc(Oc2ccc(-c3nn([C@@H]4CCC[C@@H](O)C4)c4ncnc(N)c34)cc2)c1F. The highest BCUT2D eigenvalue weighted by Crippen LogP contribution is 2.37. The van der Waals surface area contributed by atoms with Crippen LogP contribution in [0, 0.1) is 5.82 Å². The molecule has 3 N–H and O–H groups in total. The predicted octanol–water partition coefficient (Wildman–Crippen LogP) is 4.49. The predicted molar refractivity (Wildman–Crippen MR) is 122 cm³/mol. The van der Waals surface area contributed by atoms with Crippen molar-refractivity contribution in [2.45, 2.75) is 37.8 Å². The average Bonchev–Trinajstić information content (AvgIpc) is 3.22. The van der Waals surface area contributed by atoms with Crippen LogP contribution in [0.15, 0.2) is 48.8 Å². The summed E-state index contributed by atoms with van der Waals surface area (Å²) in [6.45, 7) is 0. The number of aliphatic hydroxyl groups excluding tert-OH is 1. The maximum absolute atomic E-state index is 14.7. The van der Waals surface area contributed by atoms with Crippen LogP contribution >= 0.6 is 0 Å². The molecule has 1 fully saturated rings. The Labute approximate surface area is 194 Å². The lowest BCUT2D eigenvalue weighted by atomic mass is 9.93. The van der Waals surface area contributed by atoms with Crippen molar-refractivity contribution in [3.63, 3.8) is 0 Å². The van der Waals surface area contributed by atoms with E-state index in [4.69, 9.17) is 24.4 Å². The van der Waals surface area contributed by atoms with Gasteiger partial charge in [0, 0.05) is 5.56 Å². The largest absolute Gasteiger partial charge is 0.494 e. The molecule has 1 aliphatic carbocycles. The number of rotatable bonds is 5. The molecule has 0 aliphatic heterocycles. The lowest BCUT2D eigenvalue weighted by molar-refractivity contribution is 0.101. The summed E-state index contributed by atoms with van der Waals surface area (Å²) in [5.41, 5.74) is 8.12. The van der Waals surface area contributed by atoms with Crippen LogP contribution in [-0.4, -0.2) is 38.0 Å². The molecule has 0 amide bonds. The molecule has 0 bridgehead atoms. The van der Waals surface area contributed by atoms with Crippen LogP contribution in [0.1, 0.15) is 35.8 Å². The number of hydrogen-bond acceptors (Lipinski definition) is 7. The number of nitrogen functional groups attached to an aromatic ring is 1. The third kappa shape index (κ3) is 3.95. The van der Waals surface area contributed by atoms with Gasteiger partial charge in [-0.3, -0.25) is 0 Å². The minimum Gasteiger partial charge on any atom is -0.494 e. The number of methoxy groups -OCH3 is 1. The van der Waals surface area contributed by atoms with Crippen LogP contribution in [0.3, 0.4) is 0 Å². The van der Waals surface area contributed by atoms with Crippen molar-refractivity contribution in [3.8, 4) is 28.5 Å². The van der Waals surface area contributed by atoms with E-state index in [1.165, 1.54) is 24.5 Å². The van der Waals surface area contributed by atoms with Gasteiger partial charge in [0.25, 0.3) is 0 Å². The first kappa shape index (κ1) is 17.8. The monoisotopic (exact) mass is 452 g/mol. The molecule has 5 rings (SSSR count). The van der Waals surface area contributed by atoms with E-state index in [-0.39, 0.29) is 17.9 Å². The molecule has 9 heteroatoms. The number of aliphatic hydroxyl groups is 1. The lowest BCUT2D eigenvalue weighted by Crippen LogP contribution is -2.23. The van der Waals surface area contributed by atoms with Gasteiger partial charge in [0.15, 0.2) is 17.1 Å². The molecule has 0 saturated heterocycles. The average molecular weight is 453 g/mol. The van der Waals surface area contributed by atoms with Crippen molar-refractivity contribution in [3.05, 3.63) is 54.6 Å². The van der Waals surface area contributed by atoms with Crippen molar-refractivity contribution in [1.82, 2.24) is 19.7 Å². The van der Waals surface area contributed by atoms with Crippen LogP contribution in [0.2, 0.25) is 0 Å². The summed E-state index contributed by atoms with van der Waals surface area (Å²) in [6, 6.07) is 10.8. The molecule has 1 aliphatic rings. The number of nitrogens with zero attached hydrogens (tertiary/aromatic N) is 4. The normalized spacial score (nSPS) is 20.1. The fraction of sp³-hybridized carbons (Fsp3) is 0.292. The summed E-state index contributed by atoms with van der Waals surface area (Å²) >= 11 is 0. The number of halogens is 1. The maximum Gasteiger partial charge on any atom is 0.207 e. The van der Waals surface area contributed by atoms with Crippen LogP contribution in [0.4, 0.5) is 10.2 Å². The van der Waals surface area contributed by atoms with E-state index in [2.05, 4.69) is 9.97 Å². The molecule has 0 unspecified atom stereocenters. The summed E-state index contributed by atoms with van der Waals surface area (Å²) in [5, 5.41) is 15.6. The number of anilines is 1. The highest BCUT2D eigenvalue weighted by molar-refractivity contribution is 5.98. The van der Waals surface area contributed by atoms with Gasteiger partial charge in [0.2, 0.25) is 5.82 Å². The van der Waals surface area contributed by atoms with E-state index in [0.717, 1.165) is 24.8 Å². The van der Waals surface area contributed by atoms with Crippen LogP contribution in [-0.2, 0) is 0 Å². The smallest absolute Gasteiger partial charge is 0.207 e. The zero-order valence-electron chi connectivity index (χ0n) is 20.6. The van der Waals surface area contributed by atoms with Crippen LogP contribution < -0.4 is 15.2 Å². The van der Waals surface area contributed by atoms with E-state index in [1.54, 1.807) is 24.3 Å². The van der Waals surface area contributed by atoms with Gasteiger partial charge in [-0.05, 0) is 62.1 Å². The maximum atomic E-state index is 14.7. The van der Waals surface area contributed by atoms with Gasteiger partial charge in [-0.15, -0.1) is 0 Å². The Kier molecular flexibility index (Phi) is 4.67.